The van der Waals surface area contributed by atoms with Gasteiger partial charge in [0.2, 0.25) is 5.88 Å². The summed E-state index contributed by atoms with van der Waals surface area (Å²) in [5.41, 5.74) is 2.05. The van der Waals surface area contributed by atoms with Crippen LogP contribution < -0.4 is 4.90 Å². The maximum atomic E-state index is 13.5. The molecule has 0 radical (unpaired) electrons. The van der Waals surface area contributed by atoms with Crippen LogP contribution in [0.3, 0.4) is 0 Å². The molecule has 1 aliphatic rings. The Morgan fingerprint density at radius 2 is 1.88 bits per heavy atom. The molecule has 5 rings (SSSR count). The van der Waals surface area contributed by atoms with E-state index in [2.05, 4.69) is 47.2 Å². The molecule has 170 valence electrons. The van der Waals surface area contributed by atoms with Gasteiger partial charge in [-0.1, -0.05) is 15.9 Å². The van der Waals surface area contributed by atoms with Crippen molar-refractivity contribution in [1.82, 2.24) is 15.0 Å². The molecule has 4 aromatic rings. The van der Waals surface area contributed by atoms with Crippen molar-refractivity contribution in [2.24, 2.45) is 10.2 Å². The number of aromatic nitrogens is 3. The lowest BCUT2D eigenvalue weighted by Gasteiger charge is -2.28. The molecule has 0 amide bonds. The smallest absolute Gasteiger partial charge is 0.271 e. The number of hydrogen-bond acceptors (Lipinski definition) is 8. The Balaban J connectivity index is 1.64. The van der Waals surface area contributed by atoms with Crippen molar-refractivity contribution in [3.05, 3.63) is 58.3 Å². The number of halogens is 2. The Morgan fingerprint density at radius 3 is 2.62 bits per heavy atom. The van der Waals surface area contributed by atoms with Gasteiger partial charge in [-0.3, -0.25) is 0 Å². The third-order valence-electron chi connectivity index (χ3n) is 5.37. The summed E-state index contributed by atoms with van der Waals surface area (Å²) >= 11 is 3.42. The molecule has 9 nitrogen and oxygen atoms in total. The molecule has 0 spiro atoms. The van der Waals surface area contributed by atoms with Crippen LogP contribution in [0.15, 0.2) is 57.2 Å². The zero-order valence-electron chi connectivity index (χ0n) is 17.7. The SMILES string of the molecule is N#Cc1c(-c2ccc(F)cc2)nc(N=Nc2c(O)[nH]c3ccc(Br)cc23)nc1N1CCOCC1. The van der Waals surface area contributed by atoms with Crippen LogP contribution in [-0.2, 0) is 4.74 Å². The van der Waals surface area contributed by atoms with Crippen LogP contribution in [0.2, 0.25) is 0 Å². The normalized spacial score (nSPS) is 14.1. The third kappa shape index (κ3) is 4.21. The van der Waals surface area contributed by atoms with E-state index in [0.29, 0.717) is 54.3 Å². The fourth-order valence-electron chi connectivity index (χ4n) is 3.74. The number of nitriles is 1. The van der Waals surface area contributed by atoms with E-state index >= 15 is 0 Å². The van der Waals surface area contributed by atoms with Crippen LogP contribution in [0.5, 0.6) is 5.88 Å². The number of aromatic hydroxyl groups is 1. The molecule has 2 N–H and O–H groups in total. The minimum Gasteiger partial charge on any atom is -0.493 e. The first-order valence-corrected chi connectivity index (χ1v) is 11.2. The summed E-state index contributed by atoms with van der Waals surface area (Å²) in [5, 5.41) is 29.3. The quantitative estimate of drug-likeness (QED) is 0.348. The van der Waals surface area contributed by atoms with Gasteiger partial charge < -0.3 is 19.7 Å². The van der Waals surface area contributed by atoms with Gasteiger partial charge in [-0.05, 0) is 42.5 Å². The van der Waals surface area contributed by atoms with E-state index in [4.69, 9.17) is 4.74 Å². The third-order valence-corrected chi connectivity index (χ3v) is 5.87. The van der Waals surface area contributed by atoms with Crippen molar-refractivity contribution in [1.29, 1.82) is 5.26 Å². The van der Waals surface area contributed by atoms with E-state index < -0.39 is 5.82 Å². The van der Waals surface area contributed by atoms with Gasteiger partial charge >= 0.3 is 0 Å². The number of azo groups is 1. The van der Waals surface area contributed by atoms with Crippen molar-refractivity contribution in [2.45, 2.75) is 0 Å². The zero-order valence-corrected chi connectivity index (χ0v) is 19.3. The summed E-state index contributed by atoms with van der Waals surface area (Å²) in [6.07, 6.45) is 0. The average molecular weight is 522 g/mol. The second-order valence-electron chi connectivity index (χ2n) is 7.50. The number of ether oxygens (including phenoxy) is 1. The fourth-order valence-corrected chi connectivity index (χ4v) is 4.10. The van der Waals surface area contributed by atoms with Crippen molar-refractivity contribution in [3.8, 4) is 23.2 Å². The van der Waals surface area contributed by atoms with Gasteiger partial charge in [0, 0.05) is 28.5 Å². The van der Waals surface area contributed by atoms with Gasteiger partial charge in [-0.25, -0.2) is 9.37 Å². The lowest BCUT2D eigenvalue weighted by molar-refractivity contribution is 0.122. The highest BCUT2D eigenvalue weighted by Gasteiger charge is 2.23. The summed E-state index contributed by atoms with van der Waals surface area (Å²) in [4.78, 5) is 13.7. The standard InChI is InChI=1S/C23H17BrFN7O2/c24-14-3-6-18-16(11-14)20(22(33)27-18)30-31-23-28-19(13-1-4-15(25)5-2-13)17(12-26)21(29-23)32-7-9-34-10-8-32/h1-6,11,27,33H,7-10H2. The predicted octanol–water partition coefficient (Wildman–Crippen LogP) is 5.36. The summed E-state index contributed by atoms with van der Waals surface area (Å²) in [6.45, 7) is 2.08. The van der Waals surface area contributed by atoms with Gasteiger partial charge in [0.1, 0.15) is 17.4 Å². The second-order valence-corrected chi connectivity index (χ2v) is 8.42. The Morgan fingerprint density at radius 1 is 1.12 bits per heavy atom. The maximum Gasteiger partial charge on any atom is 0.271 e. The van der Waals surface area contributed by atoms with Crippen LogP contribution in [0.4, 0.5) is 21.8 Å². The number of benzene rings is 2. The van der Waals surface area contributed by atoms with Gasteiger partial charge in [-0.15, -0.1) is 10.2 Å². The number of hydrogen-bond donors (Lipinski definition) is 2. The lowest BCUT2D eigenvalue weighted by atomic mass is 10.1. The molecule has 0 bridgehead atoms. The molecule has 0 aliphatic carbocycles. The van der Waals surface area contributed by atoms with Crippen molar-refractivity contribution in [3.63, 3.8) is 0 Å². The van der Waals surface area contributed by atoms with Gasteiger partial charge in [0.25, 0.3) is 5.95 Å². The van der Waals surface area contributed by atoms with Crippen LogP contribution in [0.25, 0.3) is 22.2 Å². The number of H-pyrrole nitrogens is 1. The number of fused-ring (bicyclic) bond motifs is 1. The van der Waals surface area contributed by atoms with Crippen LogP contribution in [-0.4, -0.2) is 46.4 Å². The highest BCUT2D eigenvalue weighted by atomic mass is 79.9. The molecule has 34 heavy (non-hydrogen) atoms. The number of aromatic amines is 1. The average Bonchev–Trinajstić information content (AvgIpc) is 3.17. The first-order chi connectivity index (χ1) is 16.5. The van der Waals surface area contributed by atoms with E-state index in [-0.39, 0.29) is 23.1 Å². The van der Waals surface area contributed by atoms with Crippen molar-refractivity contribution in [2.75, 3.05) is 31.2 Å². The number of nitrogens with zero attached hydrogens (tertiary/aromatic N) is 6. The Labute approximate surface area is 201 Å². The molecule has 0 unspecified atom stereocenters. The number of anilines is 1. The van der Waals surface area contributed by atoms with E-state index in [9.17, 15) is 14.8 Å². The number of morpholine rings is 1. The molecule has 1 aliphatic heterocycles. The van der Waals surface area contributed by atoms with Gasteiger partial charge in [-0.2, -0.15) is 10.2 Å². The lowest BCUT2D eigenvalue weighted by Crippen LogP contribution is -2.37. The Hall–Kier alpha value is -3.88. The van der Waals surface area contributed by atoms with E-state index in [1.54, 1.807) is 18.2 Å². The summed E-state index contributed by atoms with van der Waals surface area (Å²) in [5.74, 6) is -0.133. The predicted molar refractivity (Wildman–Crippen MR) is 127 cm³/mol. The highest BCUT2D eigenvalue weighted by Crippen LogP contribution is 2.38. The van der Waals surface area contributed by atoms with Gasteiger partial charge in [0.05, 0.1) is 24.4 Å². The molecular formula is C23H17BrFN7O2. The minimum absolute atomic E-state index is 0.00330. The van der Waals surface area contributed by atoms with E-state index in [0.717, 1.165) is 4.47 Å². The maximum absolute atomic E-state index is 13.5. The molecule has 1 fully saturated rings. The van der Waals surface area contributed by atoms with E-state index in [1.165, 1.54) is 12.1 Å². The molecule has 1 saturated heterocycles. The molecule has 2 aromatic heterocycles. The fraction of sp³-hybridized carbons (Fsp3) is 0.174. The zero-order chi connectivity index (χ0) is 23.7. The van der Waals surface area contributed by atoms with Crippen LogP contribution >= 0.6 is 15.9 Å². The number of rotatable bonds is 4. The Bertz CT molecular complexity index is 1440. The first-order valence-electron chi connectivity index (χ1n) is 10.4. The Kier molecular flexibility index (Phi) is 5.91. The molecule has 0 atom stereocenters. The van der Waals surface area contributed by atoms with Crippen LogP contribution in [0, 0.1) is 17.1 Å². The minimum atomic E-state index is -0.398. The summed E-state index contributed by atoms with van der Waals surface area (Å²) in [7, 11) is 0. The molecule has 0 saturated carbocycles. The first kappa shape index (κ1) is 21.9. The summed E-state index contributed by atoms with van der Waals surface area (Å²) in [6, 6.07) is 13.3. The topological polar surface area (TPSA) is 123 Å². The highest BCUT2D eigenvalue weighted by molar-refractivity contribution is 9.10. The van der Waals surface area contributed by atoms with E-state index in [1.807, 2.05) is 17.0 Å². The monoisotopic (exact) mass is 521 g/mol. The summed E-state index contributed by atoms with van der Waals surface area (Å²) < 4.78 is 19.8. The number of nitrogens with one attached hydrogen (secondary N) is 1. The van der Waals surface area contributed by atoms with Crippen molar-refractivity contribution >= 4 is 44.3 Å². The van der Waals surface area contributed by atoms with Crippen LogP contribution in [0.1, 0.15) is 5.56 Å². The second kappa shape index (κ2) is 9.17. The van der Waals surface area contributed by atoms with Crippen molar-refractivity contribution < 1.29 is 14.2 Å². The largest absolute Gasteiger partial charge is 0.493 e. The molecule has 11 heteroatoms. The molecule has 3 heterocycles. The van der Waals surface area contributed by atoms with Gasteiger partial charge in [0.15, 0.2) is 11.5 Å². The molecule has 2 aromatic carbocycles. The molecular weight excluding hydrogens is 505 g/mol.